The van der Waals surface area contributed by atoms with E-state index in [-0.39, 0.29) is 6.04 Å². The molecule has 0 aromatic heterocycles. The number of benzene rings is 1. The summed E-state index contributed by atoms with van der Waals surface area (Å²) in [5, 5.41) is 3.47. The standard InChI is InChI=1S/C16H26N2/c1-11-7-12(2)16(13(3)8-11)15(17)9-14-5-4-6-18-10-14/h7-8,14-15,18H,4-6,9-10,17H2,1-3H3. The summed E-state index contributed by atoms with van der Waals surface area (Å²) in [7, 11) is 0. The monoisotopic (exact) mass is 246 g/mol. The van der Waals surface area contributed by atoms with Crippen molar-refractivity contribution >= 4 is 0 Å². The Morgan fingerprint density at radius 1 is 1.28 bits per heavy atom. The van der Waals surface area contributed by atoms with Crippen molar-refractivity contribution in [3.63, 3.8) is 0 Å². The van der Waals surface area contributed by atoms with Crippen LogP contribution in [-0.2, 0) is 0 Å². The first kappa shape index (κ1) is 13.6. The second-order valence-electron chi connectivity index (χ2n) is 5.87. The maximum atomic E-state index is 6.45. The van der Waals surface area contributed by atoms with Crippen LogP contribution >= 0.6 is 0 Å². The van der Waals surface area contributed by atoms with E-state index in [1.54, 1.807) is 0 Å². The number of rotatable bonds is 3. The molecule has 0 amide bonds. The maximum Gasteiger partial charge on any atom is 0.0303 e. The average molecular weight is 246 g/mol. The van der Waals surface area contributed by atoms with Gasteiger partial charge in [0, 0.05) is 6.04 Å². The Kier molecular flexibility index (Phi) is 4.41. The Bertz CT molecular complexity index is 383. The van der Waals surface area contributed by atoms with E-state index in [4.69, 9.17) is 5.73 Å². The van der Waals surface area contributed by atoms with Gasteiger partial charge in [-0.3, -0.25) is 0 Å². The van der Waals surface area contributed by atoms with Crippen molar-refractivity contribution in [2.45, 2.75) is 46.1 Å². The zero-order valence-electron chi connectivity index (χ0n) is 11.9. The number of nitrogens with two attached hydrogens (primary N) is 1. The molecule has 2 unspecified atom stereocenters. The molecule has 1 fully saturated rings. The van der Waals surface area contributed by atoms with Gasteiger partial charge in [0.15, 0.2) is 0 Å². The number of hydrogen-bond acceptors (Lipinski definition) is 2. The van der Waals surface area contributed by atoms with Crippen LogP contribution in [0.15, 0.2) is 12.1 Å². The van der Waals surface area contributed by atoms with Crippen molar-refractivity contribution < 1.29 is 0 Å². The van der Waals surface area contributed by atoms with E-state index in [1.807, 2.05) is 0 Å². The van der Waals surface area contributed by atoms with Crippen LogP contribution in [0.5, 0.6) is 0 Å². The third-order valence-electron chi connectivity index (χ3n) is 4.10. The summed E-state index contributed by atoms with van der Waals surface area (Å²) in [6.07, 6.45) is 3.73. The topological polar surface area (TPSA) is 38.0 Å². The zero-order chi connectivity index (χ0) is 13.1. The molecule has 1 aromatic rings. The Hall–Kier alpha value is -0.860. The lowest BCUT2D eigenvalue weighted by molar-refractivity contribution is 0.336. The van der Waals surface area contributed by atoms with Gasteiger partial charge in [0.25, 0.3) is 0 Å². The van der Waals surface area contributed by atoms with Gasteiger partial charge in [0.05, 0.1) is 0 Å². The smallest absolute Gasteiger partial charge is 0.0303 e. The van der Waals surface area contributed by atoms with E-state index in [9.17, 15) is 0 Å². The van der Waals surface area contributed by atoms with Crippen molar-refractivity contribution in [1.82, 2.24) is 5.32 Å². The molecule has 2 nitrogen and oxygen atoms in total. The molecule has 2 atom stereocenters. The SMILES string of the molecule is Cc1cc(C)c(C(N)CC2CCCNC2)c(C)c1. The fourth-order valence-corrected chi connectivity index (χ4v) is 3.38. The molecule has 1 aliphatic heterocycles. The van der Waals surface area contributed by atoms with E-state index in [1.165, 1.54) is 41.6 Å². The molecule has 0 saturated carbocycles. The van der Waals surface area contributed by atoms with Gasteiger partial charge >= 0.3 is 0 Å². The van der Waals surface area contributed by atoms with Crippen molar-refractivity contribution in [1.29, 1.82) is 0 Å². The van der Waals surface area contributed by atoms with Gasteiger partial charge in [-0.2, -0.15) is 0 Å². The van der Waals surface area contributed by atoms with Crippen molar-refractivity contribution in [2.75, 3.05) is 13.1 Å². The van der Waals surface area contributed by atoms with Crippen molar-refractivity contribution in [3.05, 3.63) is 34.4 Å². The van der Waals surface area contributed by atoms with Gasteiger partial charge in [0.1, 0.15) is 0 Å². The third kappa shape index (κ3) is 3.12. The molecule has 0 radical (unpaired) electrons. The molecule has 2 heteroatoms. The highest BCUT2D eigenvalue weighted by molar-refractivity contribution is 5.39. The summed E-state index contributed by atoms with van der Waals surface area (Å²) in [4.78, 5) is 0. The van der Waals surface area contributed by atoms with Gasteiger partial charge in [-0.15, -0.1) is 0 Å². The first-order valence-electron chi connectivity index (χ1n) is 7.12. The van der Waals surface area contributed by atoms with Gasteiger partial charge in [-0.25, -0.2) is 0 Å². The summed E-state index contributed by atoms with van der Waals surface area (Å²) in [5.41, 5.74) is 11.9. The van der Waals surface area contributed by atoms with Gasteiger partial charge in [-0.1, -0.05) is 17.7 Å². The van der Waals surface area contributed by atoms with Gasteiger partial charge in [0.2, 0.25) is 0 Å². The molecule has 1 heterocycles. The van der Waals surface area contributed by atoms with Crippen LogP contribution in [-0.4, -0.2) is 13.1 Å². The molecular formula is C16H26N2. The Balaban J connectivity index is 2.10. The quantitative estimate of drug-likeness (QED) is 0.860. The largest absolute Gasteiger partial charge is 0.324 e. The highest BCUT2D eigenvalue weighted by atomic mass is 14.9. The average Bonchev–Trinajstić information content (AvgIpc) is 2.28. The minimum Gasteiger partial charge on any atom is -0.324 e. The molecule has 1 aliphatic rings. The number of nitrogens with one attached hydrogen (secondary N) is 1. The predicted octanol–water partition coefficient (Wildman–Crippen LogP) is 3.00. The molecule has 18 heavy (non-hydrogen) atoms. The van der Waals surface area contributed by atoms with Gasteiger partial charge < -0.3 is 11.1 Å². The lowest BCUT2D eigenvalue weighted by Crippen LogP contribution is -2.32. The normalized spacial score (nSPS) is 21.9. The van der Waals surface area contributed by atoms with E-state index in [0.29, 0.717) is 0 Å². The minimum absolute atomic E-state index is 0.190. The summed E-state index contributed by atoms with van der Waals surface area (Å²) < 4.78 is 0. The van der Waals surface area contributed by atoms with E-state index in [0.717, 1.165) is 18.9 Å². The minimum atomic E-state index is 0.190. The molecule has 0 bridgehead atoms. The summed E-state index contributed by atoms with van der Waals surface area (Å²) in [6, 6.07) is 4.69. The zero-order valence-corrected chi connectivity index (χ0v) is 11.9. The summed E-state index contributed by atoms with van der Waals surface area (Å²) in [5.74, 6) is 0.744. The Labute approximate surface area is 111 Å². The fraction of sp³-hybridized carbons (Fsp3) is 0.625. The van der Waals surface area contributed by atoms with Crippen molar-refractivity contribution in [3.8, 4) is 0 Å². The Morgan fingerprint density at radius 3 is 2.50 bits per heavy atom. The summed E-state index contributed by atoms with van der Waals surface area (Å²) in [6.45, 7) is 8.84. The molecule has 100 valence electrons. The van der Waals surface area contributed by atoms with Crippen LogP contribution in [0.2, 0.25) is 0 Å². The van der Waals surface area contributed by atoms with Crippen molar-refractivity contribution in [2.24, 2.45) is 11.7 Å². The first-order valence-corrected chi connectivity index (χ1v) is 7.12. The lowest BCUT2D eigenvalue weighted by Gasteiger charge is -2.27. The van der Waals surface area contributed by atoms with Crippen LogP contribution in [0.1, 0.15) is 47.6 Å². The maximum absolute atomic E-state index is 6.45. The molecule has 3 N–H and O–H groups in total. The summed E-state index contributed by atoms with van der Waals surface area (Å²) >= 11 is 0. The van der Waals surface area contributed by atoms with Crippen LogP contribution in [0.3, 0.4) is 0 Å². The molecule has 0 aliphatic carbocycles. The van der Waals surface area contributed by atoms with Crippen LogP contribution < -0.4 is 11.1 Å². The van der Waals surface area contributed by atoms with Crippen LogP contribution in [0.25, 0.3) is 0 Å². The second-order valence-corrected chi connectivity index (χ2v) is 5.87. The highest BCUT2D eigenvalue weighted by Crippen LogP contribution is 2.28. The van der Waals surface area contributed by atoms with Crippen LogP contribution in [0.4, 0.5) is 0 Å². The van der Waals surface area contributed by atoms with Gasteiger partial charge in [-0.05, 0) is 75.7 Å². The third-order valence-corrected chi connectivity index (χ3v) is 4.10. The molecular weight excluding hydrogens is 220 g/mol. The molecule has 1 aromatic carbocycles. The van der Waals surface area contributed by atoms with Crippen LogP contribution in [0, 0.1) is 26.7 Å². The lowest BCUT2D eigenvalue weighted by atomic mass is 9.86. The number of hydrogen-bond donors (Lipinski definition) is 2. The van der Waals surface area contributed by atoms with E-state index in [2.05, 4.69) is 38.2 Å². The number of aryl methyl sites for hydroxylation is 3. The molecule has 0 spiro atoms. The fourth-order valence-electron chi connectivity index (χ4n) is 3.38. The Morgan fingerprint density at radius 2 is 1.94 bits per heavy atom. The second kappa shape index (κ2) is 5.85. The van der Waals surface area contributed by atoms with E-state index < -0.39 is 0 Å². The molecule has 2 rings (SSSR count). The first-order chi connectivity index (χ1) is 8.58. The predicted molar refractivity (Wildman–Crippen MR) is 77.8 cm³/mol. The van der Waals surface area contributed by atoms with E-state index >= 15 is 0 Å². The number of piperidine rings is 1. The molecule has 1 saturated heterocycles. The highest BCUT2D eigenvalue weighted by Gasteiger charge is 2.19.